The maximum Gasteiger partial charge on any atom is 0.285 e. The van der Waals surface area contributed by atoms with E-state index in [0.29, 0.717) is 6.54 Å². The molecule has 4 heteroatoms. The number of hydrogen-bond acceptors (Lipinski definition) is 1. The summed E-state index contributed by atoms with van der Waals surface area (Å²) in [5.74, 6) is 0.106. The van der Waals surface area contributed by atoms with Crippen LogP contribution < -0.4 is 22.3 Å². The molecule has 1 heterocycles. The van der Waals surface area contributed by atoms with E-state index in [4.69, 9.17) is 0 Å². The fourth-order valence-corrected chi connectivity index (χ4v) is 2.96. The van der Waals surface area contributed by atoms with Crippen LogP contribution in [0, 0.1) is 0 Å². The van der Waals surface area contributed by atoms with E-state index in [2.05, 4.69) is 12.2 Å². The van der Waals surface area contributed by atoms with E-state index in [1.165, 1.54) is 70.6 Å². The molecule has 0 aliphatic heterocycles. The van der Waals surface area contributed by atoms with E-state index in [-0.39, 0.29) is 18.3 Å². The summed E-state index contributed by atoms with van der Waals surface area (Å²) in [6.45, 7) is 3.50. The van der Waals surface area contributed by atoms with Gasteiger partial charge in [0.2, 0.25) is 6.54 Å². The van der Waals surface area contributed by atoms with Crippen molar-refractivity contribution in [2.45, 2.75) is 90.5 Å². The molecule has 3 nitrogen and oxygen atoms in total. The summed E-state index contributed by atoms with van der Waals surface area (Å²) in [5.41, 5.74) is 0. The van der Waals surface area contributed by atoms with Gasteiger partial charge in [0.15, 0.2) is 12.4 Å². The summed E-state index contributed by atoms with van der Waals surface area (Å²) in [6, 6.07) is 5.85. The van der Waals surface area contributed by atoms with E-state index in [1.54, 1.807) is 0 Å². The number of aromatic nitrogens is 1. The third-order valence-corrected chi connectivity index (χ3v) is 4.46. The highest BCUT2D eigenvalue weighted by Gasteiger charge is 2.06. The van der Waals surface area contributed by atoms with Gasteiger partial charge in [0.05, 0.1) is 0 Å². The number of rotatable bonds is 15. The third kappa shape index (κ3) is 14.9. The number of carbonyl (C=O) groups excluding carboxylic acids is 1. The molecule has 1 rings (SSSR count). The first-order valence-electron chi connectivity index (χ1n) is 10.0. The molecule has 0 aromatic carbocycles. The Bertz CT molecular complexity index is 412. The summed E-state index contributed by atoms with van der Waals surface area (Å²) >= 11 is 0. The Labute approximate surface area is 161 Å². The molecule has 0 unspecified atom stereocenters. The highest BCUT2D eigenvalue weighted by atomic mass is 35.5. The zero-order valence-corrected chi connectivity index (χ0v) is 16.8. The number of amides is 1. The smallest absolute Gasteiger partial charge is 0.285 e. The normalized spacial score (nSPS) is 10.3. The molecule has 0 fully saturated rings. The van der Waals surface area contributed by atoms with Gasteiger partial charge in [0.1, 0.15) is 0 Å². The van der Waals surface area contributed by atoms with Crippen molar-refractivity contribution in [2.24, 2.45) is 0 Å². The first kappa shape index (κ1) is 23.9. The van der Waals surface area contributed by atoms with E-state index in [1.807, 2.05) is 35.2 Å². The van der Waals surface area contributed by atoms with Gasteiger partial charge >= 0.3 is 0 Å². The second kappa shape index (κ2) is 17.7. The number of hydrogen-bond donors (Lipinski definition) is 1. The van der Waals surface area contributed by atoms with Gasteiger partial charge in [-0.1, -0.05) is 83.6 Å². The van der Waals surface area contributed by atoms with Crippen LogP contribution in [0.1, 0.15) is 84.0 Å². The van der Waals surface area contributed by atoms with Crippen molar-refractivity contribution >= 4 is 5.91 Å². The van der Waals surface area contributed by atoms with Gasteiger partial charge in [-0.2, -0.15) is 4.57 Å². The lowest BCUT2D eigenvalue weighted by Gasteiger charge is -2.04. The van der Waals surface area contributed by atoms with Gasteiger partial charge < -0.3 is 17.7 Å². The van der Waals surface area contributed by atoms with E-state index < -0.39 is 0 Å². The molecule has 0 atom stereocenters. The van der Waals surface area contributed by atoms with Crippen molar-refractivity contribution in [3.05, 3.63) is 30.6 Å². The Morgan fingerprint density at radius 2 is 1.24 bits per heavy atom. The van der Waals surface area contributed by atoms with Crippen molar-refractivity contribution in [1.82, 2.24) is 5.32 Å². The van der Waals surface area contributed by atoms with E-state index in [0.717, 1.165) is 13.0 Å². The molecular weight excluding hydrogens is 332 g/mol. The molecule has 0 saturated carbocycles. The fraction of sp³-hybridized carbons (Fsp3) is 0.714. The quantitative estimate of drug-likeness (QED) is 0.371. The molecule has 1 aromatic rings. The van der Waals surface area contributed by atoms with Gasteiger partial charge in [-0.15, -0.1) is 0 Å². The number of nitrogens with zero attached hydrogens (tertiary/aromatic N) is 1. The second-order valence-corrected chi connectivity index (χ2v) is 6.79. The number of nitrogens with one attached hydrogen (secondary N) is 1. The Morgan fingerprint density at radius 3 is 1.76 bits per heavy atom. The van der Waals surface area contributed by atoms with Crippen LogP contribution in [0.3, 0.4) is 0 Å². The minimum Gasteiger partial charge on any atom is -1.00 e. The zero-order valence-electron chi connectivity index (χ0n) is 16.0. The van der Waals surface area contributed by atoms with Gasteiger partial charge in [-0.25, -0.2) is 0 Å². The molecule has 0 bridgehead atoms. The molecule has 0 aliphatic carbocycles. The highest BCUT2D eigenvalue weighted by Crippen LogP contribution is 2.11. The first-order chi connectivity index (χ1) is 11.8. The minimum atomic E-state index is 0. The van der Waals surface area contributed by atoms with Gasteiger partial charge in [0, 0.05) is 18.7 Å². The summed E-state index contributed by atoms with van der Waals surface area (Å²) in [5, 5.41) is 3.01. The standard InChI is InChI=1S/C21H36N2O.ClH/c1-2-3-4-5-6-7-8-9-10-11-12-14-17-22-21(24)20-23-18-15-13-16-19-23;/h13,15-16,18-19H,2-12,14,17,20H2,1H3;1H. The minimum absolute atomic E-state index is 0. The number of carbonyl (C=O) groups is 1. The van der Waals surface area contributed by atoms with Crippen molar-refractivity contribution in [3.63, 3.8) is 0 Å². The van der Waals surface area contributed by atoms with Crippen LogP contribution in [0.2, 0.25) is 0 Å². The lowest BCUT2D eigenvalue weighted by atomic mass is 10.1. The summed E-state index contributed by atoms with van der Waals surface area (Å²) in [4.78, 5) is 11.8. The van der Waals surface area contributed by atoms with Crippen molar-refractivity contribution in [3.8, 4) is 0 Å². The molecule has 0 aliphatic rings. The van der Waals surface area contributed by atoms with Gasteiger partial charge in [0.25, 0.3) is 5.91 Å². The Morgan fingerprint density at radius 1 is 0.760 bits per heavy atom. The largest absolute Gasteiger partial charge is 1.00 e. The molecule has 0 spiro atoms. The molecule has 0 radical (unpaired) electrons. The highest BCUT2D eigenvalue weighted by molar-refractivity contribution is 5.74. The predicted octanol–water partition coefficient (Wildman–Crippen LogP) is 1.80. The van der Waals surface area contributed by atoms with Crippen molar-refractivity contribution < 1.29 is 21.8 Å². The molecule has 144 valence electrons. The van der Waals surface area contributed by atoms with Crippen molar-refractivity contribution in [1.29, 1.82) is 0 Å². The third-order valence-electron chi connectivity index (χ3n) is 4.46. The van der Waals surface area contributed by atoms with E-state index in [9.17, 15) is 4.79 Å². The summed E-state index contributed by atoms with van der Waals surface area (Å²) in [6.07, 6.45) is 20.0. The van der Waals surface area contributed by atoms with Gasteiger partial charge in [-0.3, -0.25) is 4.79 Å². The molecular formula is C21H37ClN2O. The lowest BCUT2D eigenvalue weighted by molar-refractivity contribution is -0.684. The average Bonchev–Trinajstić information content (AvgIpc) is 2.60. The summed E-state index contributed by atoms with van der Waals surface area (Å²) < 4.78 is 1.90. The van der Waals surface area contributed by atoms with Gasteiger partial charge in [-0.05, 0) is 6.42 Å². The predicted molar refractivity (Wildman–Crippen MR) is 101 cm³/mol. The monoisotopic (exact) mass is 368 g/mol. The van der Waals surface area contributed by atoms with Crippen LogP contribution in [-0.2, 0) is 11.3 Å². The molecule has 1 N–H and O–H groups in total. The maximum absolute atomic E-state index is 11.8. The Kier molecular flexibility index (Phi) is 17.0. The molecule has 1 aromatic heterocycles. The van der Waals surface area contributed by atoms with Crippen LogP contribution in [0.15, 0.2) is 30.6 Å². The first-order valence-corrected chi connectivity index (χ1v) is 10.0. The Hall–Kier alpha value is -1.09. The molecule has 0 saturated heterocycles. The van der Waals surface area contributed by atoms with Crippen LogP contribution in [-0.4, -0.2) is 12.5 Å². The van der Waals surface area contributed by atoms with Crippen LogP contribution >= 0.6 is 0 Å². The maximum atomic E-state index is 11.8. The topological polar surface area (TPSA) is 33.0 Å². The second-order valence-electron chi connectivity index (χ2n) is 6.79. The number of halogens is 1. The lowest BCUT2D eigenvalue weighted by Crippen LogP contribution is -3.00. The fourth-order valence-electron chi connectivity index (χ4n) is 2.96. The molecule has 25 heavy (non-hydrogen) atoms. The Balaban J connectivity index is 0.00000576. The van der Waals surface area contributed by atoms with Crippen LogP contribution in [0.5, 0.6) is 0 Å². The van der Waals surface area contributed by atoms with Crippen LogP contribution in [0.4, 0.5) is 0 Å². The van der Waals surface area contributed by atoms with Crippen LogP contribution in [0.25, 0.3) is 0 Å². The zero-order chi connectivity index (χ0) is 17.3. The van der Waals surface area contributed by atoms with E-state index >= 15 is 0 Å². The average molecular weight is 369 g/mol. The number of pyridine rings is 1. The summed E-state index contributed by atoms with van der Waals surface area (Å²) in [7, 11) is 0. The SMILES string of the molecule is CCCCCCCCCCCCCCNC(=O)C[n+]1ccccc1.[Cl-]. The van der Waals surface area contributed by atoms with Crippen molar-refractivity contribution in [2.75, 3.05) is 6.54 Å². The molecule has 1 amide bonds. The number of unbranched alkanes of at least 4 members (excludes halogenated alkanes) is 11.